The van der Waals surface area contributed by atoms with Crippen LogP contribution in [-0.4, -0.2) is 27.3 Å². The van der Waals surface area contributed by atoms with Crippen molar-refractivity contribution in [2.45, 2.75) is 12.4 Å². The second-order valence-corrected chi connectivity index (χ2v) is 2.78. The van der Waals surface area contributed by atoms with Crippen molar-refractivity contribution < 1.29 is 21.5 Å². The van der Waals surface area contributed by atoms with Crippen LogP contribution in [-0.2, 0) is 11.2 Å². The average Bonchev–Trinajstić information content (AvgIpc) is 2.19. The molecule has 0 aliphatic carbocycles. The van der Waals surface area contributed by atoms with Gasteiger partial charge in [0.05, 0.1) is 0 Å². The average molecular weight is 199 g/mol. The van der Waals surface area contributed by atoms with E-state index in [9.17, 15) is 4.79 Å². The van der Waals surface area contributed by atoms with Gasteiger partial charge in [-0.3, -0.25) is 4.79 Å². The highest BCUT2D eigenvalue weighted by Crippen LogP contribution is 2.25. The van der Waals surface area contributed by atoms with Crippen LogP contribution in [0.25, 0.3) is 0 Å². The standard InChI is InChI=1S/C9H11NO4/c10-6(9(13)14)3-5-1-2-7(11)8(12)4-5/h1-2,4,6,11-12H,3,10H2,(H,13,14)/t6-/m0/s1/i3T/t3-,6-. The first kappa shape index (κ1) is 8.83. The Kier molecular flexibility index (Phi) is 2.51. The second kappa shape index (κ2) is 3.97. The molecule has 1 aromatic rings. The van der Waals surface area contributed by atoms with E-state index >= 15 is 0 Å². The topological polar surface area (TPSA) is 104 Å². The molecule has 5 nitrogen and oxygen atoms in total. The molecule has 0 saturated heterocycles. The molecule has 2 atom stereocenters. The molecule has 0 heterocycles. The lowest BCUT2D eigenvalue weighted by atomic mass is 10.1. The monoisotopic (exact) mass is 199 g/mol. The van der Waals surface area contributed by atoms with Gasteiger partial charge in [0.15, 0.2) is 11.5 Å². The van der Waals surface area contributed by atoms with E-state index in [2.05, 4.69) is 0 Å². The third-order valence-electron chi connectivity index (χ3n) is 1.66. The first-order chi connectivity index (χ1) is 6.93. The zero-order valence-corrected chi connectivity index (χ0v) is 7.21. The molecule has 0 fully saturated rings. The van der Waals surface area contributed by atoms with E-state index in [4.69, 9.17) is 22.4 Å². The summed E-state index contributed by atoms with van der Waals surface area (Å²) in [6.45, 7) is 0. The number of hydrogen-bond acceptors (Lipinski definition) is 4. The van der Waals surface area contributed by atoms with Crippen LogP contribution >= 0.6 is 0 Å². The molecule has 1 rings (SSSR count). The summed E-state index contributed by atoms with van der Waals surface area (Å²) in [5, 5.41) is 26.7. The SMILES string of the molecule is [3H][C@@H](c1ccc(O)c(O)c1)[C@H](N)C(=O)O. The lowest BCUT2D eigenvalue weighted by Crippen LogP contribution is -2.32. The van der Waals surface area contributed by atoms with Crippen molar-refractivity contribution in [3.05, 3.63) is 23.8 Å². The number of carboxylic acid groups (broad SMARTS) is 1. The number of phenolic OH excluding ortho intramolecular Hbond substituents is 2. The van der Waals surface area contributed by atoms with Crippen LogP contribution in [0.2, 0.25) is 0 Å². The molecule has 0 unspecified atom stereocenters. The molecule has 1 aromatic carbocycles. The zero-order valence-electron chi connectivity index (χ0n) is 8.21. The third-order valence-corrected chi connectivity index (χ3v) is 1.66. The van der Waals surface area contributed by atoms with Gasteiger partial charge in [-0.05, 0) is 24.1 Å². The first-order valence-corrected chi connectivity index (χ1v) is 3.86. The molecule has 0 bridgehead atoms. The predicted molar refractivity (Wildman–Crippen MR) is 49.1 cm³/mol. The van der Waals surface area contributed by atoms with Gasteiger partial charge in [-0.25, -0.2) is 0 Å². The summed E-state index contributed by atoms with van der Waals surface area (Å²) < 4.78 is 7.52. The predicted octanol–water partition coefficient (Wildman–Crippen LogP) is 0.0522. The largest absolute Gasteiger partial charge is 0.504 e. The van der Waals surface area contributed by atoms with E-state index in [1.807, 2.05) is 0 Å². The van der Waals surface area contributed by atoms with Crippen LogP contribution in [0, 0.1) is 0 Å². The molecular formula is C9H11NO4. The van der Waals surface area contributed by atoms with Crippen molar-refractivity contribution in [3.63, 3.8) is 0 Å². The Morgan fingerprint density at radius 1 is 1.50 bits per heavy atom. The van der Waals surface area contributed by atoms with Gasteiger partial charge in [-0.2, -0.15) is 0 Å². The zero-order chi connectivity index (χ0) is 11.6. The van der Waals surface area contributed by atoms with Gasteiger partial charge in [0.2, 0.25) is 0 Å². The molecule has 0 aliphatic heterocycles. The Morgan fingerprint density at radius 2 is 2.14 bits per heavy atom. The van der Waals surface area contributed by atoms with E-state index in [-0.39, 0.29) is 11.3 Å². The lowest BCUT2D eigenvalue weighted by Gasteiger charge is -2.06. The molecule has 0 spiro atoms. The van der Waals surface area contributed by atoms with Crippen molar-refractivity contribution in [3.8, 4) is 11.5 Å². The third kappa shape index (κ3) is 2.37. The van der Waals surface area contributed by atoms with Gasteiger partial charge >= 0.3 is 5.97 Å². The van der Waals surface area contributed by atoms with Gasteiger partial charge in [0.1, 0.15) is 6.04 Å². The molecule has 5 N–H and O–H groups in total. The summed E-state index contributed by atoms with van der Waals surface area (Å²) in [6.07, 6.45) is -1.19. The summed E-state index contributed by atoms with van der Waals surface area (Å²) in [5.41, 5.74) is 5.49. The first-order valence-electron chi connectivity index (χ1n) is 4.43. The van der Waals surface area contributed by atoms with Crippen LogP contribution in [0.3, 0.4) is 0 Å². The van der Waals surface area contributed by atoms with E-state index in [0.29, 0.717) is 0 Å². The van der Waals surface area contributed by atoms with Crippen LogP contribution in [0.4, 0.5) is 0 Å². The molecule has 5 heteroatoms. The molecule has 0 radical (unpaired) electrons. The van der Waals surface area contributed by atoms with E-state index in [1.165, 1.54) is 12.1 Å². The highest BCUT2D eigenvalue weighted by Gasteiger charge is 2.12. The fourth-order valence-electron chi connectivity index (χ4n) is 0.923. The molecule has 0 saturated carbocycles. The van der Waals surface area contributed by atoms with Crippen molar-refractivity contribution in [2.75, 3.05) is 0 Å². The van der Waals surface area contributed by atoms with Crippen molar-refractivity contribution in [2.24, 2.45) is 5.73 Å². The smallest absolute Gasteiger partial charge is 0.320 e. The summed E-state index contributed by atoms with van der Waals surface area (Å²) in [7, 11) is 0. The number of nitrogens with two attached hydrogens (primary N) is 1. The lowest BCUT2D eigenvalue weighted by molar-refractivity contribution is -0.138. The summed E-state index contributed by atoms with van der Waals surface area (Å²) in [5.74, 6) is -2.01. The Hall–Kier alpha value is -1.75. The highest BCUT2D eigenvalue weighted by atomic mass is 16.4. The Labute approximate surface area is 81.8 Å². The van der Waals surface area contributed by atoms with Crippen LogP contribution in [0.15, 0.2) is 18.2 Å². The molecule has 0 aromatic heterocycles. The number of carbonyl (C=O) groups is 1. The number of carboxylic acids is 1. The normalized spacial score (nSPS) is 15.6. The van der Waals surface area contributed by atoms with Crippen LogP contribution in [0.1, 0.15) is 6.93 Å². The number of aromatic hydroxyl groups is 2. The van der Waals surface area contributed by atoms with Crippen LogP contribution in [0.5, 0.6) is 11.5 Å². The van der Waals surface area contributed by atoms with Crippen molar-refractivity contribution >= 4 is 5.97 Å². The molecule has 0 aliphatic rings. The van der Waals surface area contributed by atoms with Gasteiger partial charge < -0.3 is 21.1 Å². The minimum atomic E-state index is -1.37. The minimum absolute atomic E-state index is 0.236. The number of aliphatic carboxylic acids is 1. The number of benzene rings is 1. The Balaban J connectivity index is 2.96. The maximum Gasteiger partial charge on any atom is 0.320 e. The number of rotatable bonds is 3. The van der Waals surface area contributed by atoms with Crippen LogP contribution < -0.4 is 5.73 Å². The summed E-state index contributed by atoms with van der Waals surface area (Å²) >= 11 is 0. The van der Waals surface area contributed by atoms with E-state index < -0.39 is 24.2 Å². The summed E-state index contributed by atoms with van der Waals surface area (Å²) in [6, 6.07) is 2.28. The molecule has 14 heavy (non-hydrogen) atoms. The molecular weight excluding hydrogens is 186 g/mol. The van der Waals surface area contributed by atoms with Gasteiger partial charge in [-0.15, -0.1) is 0 Å². The van der Waals surface area contributed by atoms with Crippen molar-refractivity contribution in [1.29, 1.82) is 0 Å². The van der Waals surface area contributed by atoms with Gasteiger partial charge in [-0.1, -0.05) is 6.07 Å². The van der Waals surface area contributed by atoms with E-state index in [1.54, 1.807) is 0 Å². The fourth-order valence-corrected chi connectivity index (χ4v) is 0.923. The van der Waals surface area contributed by atoms with Crippen molar-refractivity contribution in [1.82, 2.24) is 0 Å². The maximum absolute atomic E-state index is 10.5. The Bertz CT molecular complexity index is 382. The minimum Gasteiger partial charge on any atom is -0.504 e. The summed E-state index contributed by atoms with van der Waals surface area (Å²) in [4.78, 5) is 10.5. The maximum atomic E-state index is 10.5. The second-order valence-electron chi connectivity index (χ2n) is 2.78. The van der Waals surface area contributed by atoms with Gasteiger partial charge in [0.25, 0.3) is 0 Å². The quantitative estimate of drug-likeness (QED) is 0.515. The Morgan fingerprint density at radius 3 is 2.64 bits per heavy atom. The number of hydrogen-bond donors (Lipinski definition) is 4. The van der Waals surface area contributed by atoms with Gasteiger partial charge in [0, 0.05) is 1.37 Å². The van der Waals surface area contributed by atoms with E-state index in [0.717, 1.165) is 6.07 Å². The fraction of sp³-hybridized carbons (Fsp3) is 0.222. The highest BCUT2D eigenvalue weighted by molar-refractivity contribution is 5.73. The molecule has 76 valence electrons. The number of phenols is 2. The molecule has 0 amide bonds.